The van der Waals surface area contributed by atoms with Crippen molar-refractivity contribution in [1.29, 1.82) is 5.41 Å². The van der Waals surface area contributed by atoms with E-state index in [1.807, 2.05) is 72.3 Å². The minimum Gasteiger partial charge on any atom is -0.466 e. The molecular formula is C29H32N6O3. The molecule has 0 saturated carbocycles. The van der Waals surface area contributed by atoms with E-state index in [4.69, 9.17) is 20.9 Å². The number of nitrogens with two attached hydrogens (primary N) is 1. The van der Waals surface area contributed by atoms with E-state index in [0.717, 1.165) is 28.2 Å². The molecular weight excluding hydrogens is 480 g/mol. The fourth-order valence-electron chi connectivity index (χ4n) is 4.22. The van der Waals surface area contributed by atoms with Crippen LogP contribution in [0, 0.1) is 5.41 Å². The molecule has 38 heavy (non-hydrogen) atoms. The van der Waals surface area contributed by atoms with E-state index in [0.29, 0.717) is 37.2 Å². The van der Waals surface area contributed by atoms with Gasteiger partial charge in [0.05, 0.1) is 24.2 Å². The van der Waals surface area contributed by atoms with Crippen LogP contribution in [0.25, 0.3) is 11.0 Å². The van der Waals surface area contributed by atoms with Gasteiger partial charge in [0, 0.05) is 42.5 Å². The lowest BCUT2D eigenvalue weighted by Crippen LogP contribution is -2.32. The summed E-state index contributed by atoms with van der Waals surface area (Å²) in [6, 6.07) is 22.3. The smallest absolute Gasteiger partial charge is 0.305 e. The third-order valence-corrected chi connectivity index (χ3v) is 6.25. The van der Waals surface area contributed by atoms with E-state index in [1.54, 1.807) is 24.0 Å². The van der Waals surface area contributed by atoms with Crippen LogP contribution in [0.2, 0.25) is 0 Å². The van der Waals surface area contributed by atoms with Gasteiger partial charge in [-0.2, -0.15) is 0 Å². The largest absolute Gasteiger partial charge is 0.466 e. The van der Waals surface area contributed by atoms with Gasteiger partial charge in [0.1, 0.15) is 11.7 Å². The standard InChI is InChI=1S/C29H32N6O3/c1-3-38-27(36)10-7-17-35(23-8-5-4-6-9-23)29(37)21-13-16-25-24(18-21)33-26(34(25)2)19-32-22-14-11-20(12-15-22)28(30)31/h4-6,8-9,11-16,18,32H,3,7,10,17,19H2,1-2H3,(H3,30,31). The van der Waals surface area contributed by atoms with Crippen LogP contribution >= 0.6 is 0 Å². The van der Waals surface area contributed by atoms with Crippen LogP contribution < -0.4 is 16.0 Å². The first kappa shape index (κ1) is 26.4. The number of carbonyl (C=O) groups excluding carboxylic acids is 2. The number of nitrogens with zero attached hydrogens (tertiary/aromatic N) is 3. The lowest BCUT2D eigenvalue weighted by atomic mass is 10.1. The Morgan fingerprint density at radius 2 is 1.76 bits per heavy atom. The van der Waals surface area contributed by atoms with Gasteiger partial charge in [-0.15, -0.1) is 0 Å². The predicted molar refractivity (Wildman–Crippen MR) is 149 cm³/mol. The number of hydrogen-bond donors (Lipinski definition) is 3. The molecule has 0 aliphatic heterocycles. The highest BCUT2D eigenvalue weighted by molar-refractivity contribution is 6.07. The van der Waals surface area contributed by atoms with Crippen LogP contribution in [0.5, 0.6) is 0 Å². The summed E-state index contributed by atoms with van der Waals surface area (Å²) in [5.74, 6) is 0.424. The highest BCUT2D eigenvalue weighted by Gasteiger charge is 2.20. The molecule has 1 heterocycles. The van der Waals surface area contributed by atoms with Crippen LogP contribution in [-0.2, 0) is 23.1 Å². The molecule has 4 aromatic rings. The highest BCUT2D eigenvalue weighted by Crippen LogP contribution is 2.22. The minimum absolute atomic E-state index is 0.0297. The van der Waals surface area contributed by atoms with Crippen LogP contribution in [-0.4, -0.2) is 40.4 Å². The van der Waals surface area contributed by atoms with Gasteiger partial charge in [-0.25, -0.2) is 4.98 Å². The molecule has 9 nitrogen and oxygen atoms in total. The number of para-hydroxylation sites is 1. The lowest BCUT2D eigenvalue weighted by molar-refractivity contribution is -0.143. The predicted octanol–water partition coefficient (Wildman–Crippen LogP) is 4.46. The first-order valence-electron chi connectivity index (χ1n) is 12.5. The molecule has 196 valence electrons. The average molecular weight is 513 g/mol. The van der Waals surface area contributed by atoms with E-state index in [9.17, 15) is 9.59 Å². The molecule has 9 heteroatoms. The Hall–Kier alpha value is -4.66. The highest BCUT2D eigenvalue weighted by atomic mass is 16.5. The van der Waals surface area contributed by atoms with E-state index in [-0.39, 0.29) is 24.1 Å². The second-order valence-corrected chi connectivity index (χ2v) is 8.84. The Bertz CT molecular complexity index is 1430. The summed E-state index contributed by atoms with van der Waals surface area (Å²) in [5, 5.41) is 10.9. The van der Waals surface area contributed by atoms with Gasteiger partial charge in [-0.05, 0) is 67.9 Å². The third kappa shape index (κ3) is 6.18. The normalized spacial score (nSPS) is 10.8. The molecule has 0 spiro atoms. The number of fused-ring (bicyclic) bond motifs is 1. The van der Waals surface area contributed by atoms with Gasteiger partial charge in [0.15, 0.2) is 0 Å². The van der Waals surface area contributed by atoms with Gasteiger partial charge >= 0.3 is 5.97 Å². The molecule has 1 amide bonds. The molecule has 0 bridgehead atoms. The number of carbonyl (C=O) groups is 2. The van der Waals surface area contributed by atoms with E-state index >= 15 is 0 Å². The van der Waals surface area contributed by atoms with Crippen molar-refractivity contribution in [2.45, 2.75) is 26.3 Å². The van der Waals surface area contributed by atoms with Crippen molar-refractivity contribution in [3.05, 3.63) is 89.7 Å². The summed E-state index contributed by atoms with van der Waals surface area (Å²) in [4.78, 5) is 31.9. The molecule has 4 rings (SSSR count). The monoisotopic (exact) mass is 512 g/mol. The molecule has 0 radical (unpaired) electrons. The van der Waals surface area contributed by atoms with Gasteiger partial charge in [-0.1, -0.05) is 18.2 Å². The van der Waals surface area contributed by atoms with Crippen molar-refractivity contribution in [3.8, 4) is 0 Å². The van der Waals surface area contributed by atoms with Gasteiger partial charge < -0.3 is 25.3 Å². The molecule has 4 N–H and O–H groups in total. The number of amides is 1. The molecule has 0 aliphatic carbocycles. The number of nitrogens with one attached hydrogen (secondary N) is 2. The number of imidazole rings is 1. The molecule has 1 aromatic heterocycles. The summed E-state index contributed by atoms with van der Waals surface area (Å²) in [6.45, 7) is 2.99. The van der Waals surface area contributed by atoms with Crippen molar-refractivity contribution in [2.75, 3.05) is 23.4 Å². The summed E-state index contributed by atoms with van der Waals surface area (Å²) in [6.07, 6.45) is 0.742. The van der Waals surface area contributed by atoms with Crippen LogP contribution in [0.3, 0.4) is 0 Å². The van der Waals surface area contributed by atoms with E-state index in [1.165, 1.54) is 0 Å². The van der Waals surface area contributed by atoms with Crippen molar-refractivity contribution in [1.82, 2.24) is 9.55 Å². The fourth-order valence-corrected chi connectivity index (χ4v) is 4.22. The number of aromatic nitrogens is 2. The molecule has 0 atom stereocenters. The van der Waals surface area contributed by atoms with E-state index in [2.05, 4.69) is 5.32 Å². The number of anilines is 2. The van der Waals surface area contributed by atoms with Crippen molar-refractivity contribution in [3.63, 3.8) is 0 Å². The number of nitrogen functional groups attached to an aromatic ring is 1. The minimum atomic E-state index is -0.265. The Balaban J connectivity index is 1.52. The maximum absolute atomic E-state index is 13.6. The molecule has 0 fully saturated rings. The number of rotatable bonds is 11. The zero-order valence-corrected chi connectivity index (χ0v) is 21.6. The summed E-state index contributed by atoms with van der Waals surface area (Å²) in [7, 11) is 1.94. The van der Waals surface area contributed by atoms with Crippen LogP contribution in [0.1, 0.15) is 41.5 Å². The second-order valence-electron chi connectivity index (χ2n) is 8.84. The average Bonchev–Trinajstić information content (AvgIpc) is 3.25. The third-order valence-electron chi connectivity index (χ3n) is 6.25. The first-order chi connectivity index (χ1) is 18.4. The fraction of sp³-hybridized carbons (Fsp3) is 0.241. The number of ether oxygens (including phenoxy) is 1. The summed E-state index contributed by atoms with van der Waals surface area (Å²) < 4.78 is 7.02. The number of aryl methyl sites for hydroxylation is 1. The Kier molecular flexibility index (Phi) is 8.37. The van der Waals surface area contributed by atoms with Crippen molar-refractivity contribution < 1.29 is 14.3 Å². The van der Waals surface area contributed by atoms with Gasteiger partial charge in [-0.3, -0.25) is 15.0 Å². The Morgan fingerprint density at radius 3 is 2.45 bits per heavy atom. The molecule has 3 aromatic carbocycles. The van der Waals surface area contributed by atoms with Crippen LogP contribution in [0.15, 0.2) is 72.8 Å². The first-order valence-corrected chi connectivity index (χ1v) is 12.5. The quantitative estimate of drug-likeness (QED) is 0.155. The Labute approximate surface area is 221 Å². The maximum atomic E-state index is 13.6. The Morgan fingerprint density at radius 1 is 1.05 bits per heavy atom. The number of esters is 1. The molecule has 0 saturated heterocycles. The number of hydrogen-bond acceptors (Lipinski definition) is 6. The summed E-state index contributed by atoms with van der Waals surface area (Å²) >= 11 is 0. The topological polar surface area (TPSA) is 126 Å². The summed E-state index contributed by atoms with van der Waals surface area (Å²) in [5.41, 5.74) is 10.0. The van der Waals surface area contributed by atoms with E-state index < -0.39 is 0 Å². The van der Waals surface area contributed by atoms with Crippen LogP contribution in [0.4, 0.5) is 11.4 Å². The molecule has 0 unspecified atom stereocenters. The number of benzene rings is 3. The SMILES string of the molecule is CCOC(=O)CCCN(C(=O)c1ccc2c(c1)nc(CNc1ccc(C(=N)N)cc1)n2C)c1ccccc1. The molecule has 0 aliphatic rings. The second kappa shape index (κ2) is 12.1. The van der Waals surface area contributed by atoms with Crippen molar-refractivity contribution in [2.24, 2.45) is 12.8 Å². The zero-order valence-electron chi connectivity index (χ0n) is 21.6. The number of amidine groups is 1. The van der Waals surface area contributed by atoms with Crippen molar-refractivity contribution >= 4 is 40.1 Å². The maximum Gasteiger partial charge on any atom is 0.305 e. The lowest BCUT2D eigenvalue weighted by Gasteiger charge is -2.23. The van der Waals surface area contributed by atoms with Gasteiger partial charge in [0.2, 0.25) is 0 Å². The van der Waals surface area contributed by atoms with Gasteiger partial charge in [0.25, 0.3) is 5.91 Å². The zero-order chi connectivity index (χ0) is 27.1.